The fourth-order valence-electron chi connectivity index (χ4n) is 5.80. The van der Waals surface area contributed by atoms with Crippen LogP contribution in [-0.2, 0) is 26.3 Å². The maximum Gasteiger partial charge on any atom is 0.490 e. The third kappa shape index (κ3) is 5.93. The average Bonchev–Trinajstić information content (AvgIpc) is 3.53. The Kier molecular flexibility index (Phi) is 8.04. The van der Waals surface area contributed by atoms with Crippen LogP contribution in [0, 0.1) is 0 Å². The van der Waals surface area contributed by atoms with Crippen molar-refractivity contribution in [3.05, 3.63) is 94.7 Å². The van der Waals surface area contributed by atoms with Crippen molar-refractivity contribution in [3.63, 3.8) is 0 Å². The number of carboxylic acid groups (broad SMARTS) is 1. The summed E-state index contributed by atoms with van der Waals surface area (Å²) < 4.78 is 31.7. The van der Waals surface area contributed by atoms with Crippen LogP contribution < -0.4 is 10.6 Å². The molecule has 4 aromatic rings. The molecule has 44 heavy (non-hydrogen) atoms. The lowest BCUT2D eigenvalue weighted by Gasteiger charge is -2.16. The number of benzene rings is 3. The molecule has 9 nitrogen and oxygen atoms in total. The number of alkyl halides is 3. The Hall–Kier alpha value is -4.97. The van der Waals surface area contributed by atoms with Crippen LogP contribution in [-0.4, -0.2) is 64.8 Å². The molecule has 2 unspecified atom stereocenters. The van der Waals surface area contributed by atoms with Crippen LogP contribution >= 0.6 is 0 Å². The average molecular weight is 606 g/mol. The molecule has 2 amide bonds. The first-order chi connectivity index (χ1) is 20.8. The fourth-order valence-corrected chi connectivity index (χ4v) is 5.80. The molecule has 0 radical (unpaired) electrons. The maximum absolute atomic E-state index is 13.5. The van der Waals surface area contributed by atoms with Crippen molar-refractivity contribution in [2.75, 3.05) is 25.5 Å². The quantitative estimate of drug-likeness (QED) is 0.280. The number of H-pyrrole nitrogens is 1. The Morgan fingerprint density at radius 1 is 1.11 bits per heavy atom. The van der Waals surface area contributed by atoms with Crippen molar-refractivity contribution in [2.45, 2.75) is 30.5 Å². The van der Waals surface area contributed by atoms with E-state index in [1.54, 1.807) is 4.90 Å². The lowest BCUT2D eigenvalue weighted by atomic mass is 9.92. The molecule has 3 aromatic carbocycles. The Morgan fingerprint density at radius 2 is 1.84 bits per heavy atom. The number of primary amides is 1. The van der Waals surface area contributed by atoms with Crippen molar-refractivity contribution in [1.82, 2.24) is 15.1 Å². The van der Waals surface area contributed by atoms with Crippen molar-refractivity contribution in [1.29, 1.82) is 0 Å². The molecular weight excluding hydrogens is 575 g/mol. The number of nitrogens with one attached hydrogen (secondary N) is 1. The number of aliphatic carboxylic acids is 1. The van der Waals surface area contributed by atoms with E-state index in [0.29, 0.717) is 6.42 Å². The minimum absolute atomic E-state index is 0.0395. The van der Waals surface area contributed by atoms with Gasteiger partial charge in [-0.25, -0.2) is 4.79 Å². The number of rotatable bonds is 7. The van der Waals surface area contributed by atoms with Gasteiger partial charge in [-0.3, -0.25) is 14.7 Å². The molecule has 1 aromatic heterocycles. The second kappa shape index (κ2) is 11.6. The first-order valence-electron chi connectivity index (χ1n) is 13.7. The van der Waals surface area contributed by atoms with Crippen LogP contribution in [0.5, 0.6) is 0 Å². The summed E-state index contributed by atoms with van der Waals surface area (Å²) in [6, 6.07) is 22.5. The van der Waals surface area contributed by atoms with Gasteiger partial charge in [-0.2, -0.15) is 18.3 Å². The summed E-state index contributed by atoms with van der Waals surface area (Å²) in [5.41, 5.74) is 11.9. The van der Waals surface area contributed by atoms with Crippen molar-refractivity contribution in [2.24, 2.45) is 5.73 Å². The number of aromatic amines is 1. The summed E-state index contributed by atoms with van der Waals surface area (Å²) in [4.78, 5) is 37.8. The third-order valence-corrected chi connectivity index (χ3v) is 7.72. The fraction of sp³-hybridized carbons (Fsp3) is 0.250. The number of aromatic nitrogens is 2. The van der Waals surface area contributed by atoms with Gasteiger partial charge in [0.05, 0.1) is 16.6 Å². The number of halogens is 3. The monoisotopic (exact) mass is 605 g/mol. The normalized spacial score (nSPS) is 19.0. The van der Waals surface area contributed by atoms with Crippen LogP contribution in [0.25, 0.3) is 23.1 Å². The largest absolute Gasteiger partial charge is 0.490 e. The zero-order valence-corrected chi connectivity index (χ0v) is 23.9. The van der Waals surface area contributed by atoms with Crippen molar-refractivity contribution in [3.8, 4) is 0 Å². The van der Waals surface area contributed by atoms with Gasteiger partial charge in [-0.15, -0.1) is 0 Å². The van der Waals surface area contributed by atoms with E-state index < -0.39 is 23.5 Å². The SMILES string of the molecule is CN(C)Cc1cccc(/C=C/c2n[nH]c3cc(C4CC45C(=O)N(CC(N)=O)c4ccccc45)ccc23)c1.O=C(O)C(F)(F)F. The smallest absolute Gasteiger partial charge is 0.475 e. The van der Waals surface area contributed by atoms with Gasteiger partial charge in [-0.1, -0.05) is 60.7 Å². The van der Waals surface area contributed by atoms with E-state index in [2.05, 4.69) is 77.7 Å². The lowest BCUT2D eigenvalue weighted by Crippen LogP contribution is -2.39. The van der Waals surface area contributed by atoms with Gasteiger partial charge in [0.25, 0.3) is 0 Å². The minimum Gasteiger partial charge on any atom is -0.475 e. The molecule has 0 saturated heterocycles. The second-order valence-electron chi connectivity index (χ2n) is 11.1. The standard InChI is InChI=1S/C30H29N5O2.C2HF3O2/c1-34(2)17-20-7-5-6-19(14-20)10-13-25-22-12-11-21(15-26(22)33-32-25)24-16-30(24)23-8-3-4-9-27(23)35(29(30)37)18-28(31)36;3-2(4,5)1(6)7/h3-15,24H,16-18H2,1-2H3,(H2,31,36)(H,32,33);(H,6,7)/b13-10+;. The molecule has 2 atom stereocenters. The minimum atomic E-state index is -5.08. The number of hydrogen-bond acceptors (Lipinski definition) is 5. The number of anilines is 1. The first-order valence-corrected chi connectivity index (χ1v) is 13.7. The number of fused-ring (bicyclic) bond motifs is 3. The first kappa shape index (κ1) is 30.5. The summed E-state index contributed by atoms with van der Waals surface area (Å²) in [5.74, 6) is -3.26. The van der Waals surface area contributed by atoms with E-state index >= 15 is 0 Å². The van der Waals surface area contributed by atoms with Crippen LogP contribution in [0.1, 0.15) is 40.3 Å². The molecule has 1 aliphatic heterocycles. The molecule has 1 fully saturated rings. The molecule has 12 heteroatoms. The van der Waals surface area contributed by atoms with Crippen molar-refractivity contribution < 1.29 is 32.7 Å². The number of hydrogen-bond donors (Lipinski definition) is 3. The van der Waals surface area contributed by atoms with E-state index in [-0.39, 0.29) is 18.4 Å². The van der Waals surface area contributed by atoms with Crippen LogP contribution in [0.15, 0.2) is 66.7 Å². The zero-order valence-electron chi connectivity index (χ0n) is 23.9. The Morgan fingerprint density at radius 3 is 2.52 bits per heavy atom. The topological polar surface area (TPSA) is 133 Å². The van der Waals surface area contributed by atoms with Crippen LogP contribution in [0.3, 0.4) is 0 Å². The molecule has 4 N–H and O–H groups in total. The summed E-state index contributed by atoms with van der Waals surface area (Å²) in [5, 5.41) is 15.9. The summed E-state index contributed by atoms with van der Waals surface area (Å²) in [6.07, 6.45) is -0.252. The van der Waals surface area contributed by atoms with Crippen molar-refractivity contribution >= 4 is 46.5 Å². The highest BCUT2D eigenvalue weighted by Gasteiger charge is 2.67. The van der Waals surface area contributed by atoms with Gasteiger partial charge < -0.3 is 20.6 Å². The lowest BCUT2D eigenvalue weighted by molar-refractivity contribution is -0.192. The molecular formula is C32H30F3N5O4. The predicted molar refractivity (Wildman–Crippen MR) is 160 cm³/mol. The van der Waals surface area contributed by atoms with Crippen LogP contribution in [0.4, 0.5) is 18.9 Å². The third-order valence-electron chi connectivity index (χ3n) is 7.72. The highest BCUT2D eigenvalue weighted by molar-refractivity contribution is 6.13. The van der Waals surface area contributed by atoms with E-state index in [4.69, 9.17) is 15.6 Å². The molecule has 2 aliphatic rings. The summed E-state index contributed by atoms with van der Waals surface area (Å²) >= 11 is 0. The van der Waals surface area contributed by atoms with E-state index in [1.165, 1.54) is 5.56 Å². The van der Waals surface area contributed by atoms with Gasteiger partial charge >= 0.3 is 12.1 Å². The Labute approximate surface area is 250 Å². The molecule has 1 saturated carbocycles. The number of para-hydroxylation sites is 1. The number of amides is 2. The molecule has 2 heterocycles. The number of nitrogens with two attached hydrogens (primary N) is 1. The van der Waals surface area contributed by atoms with Gasteiger partial charge in [0.2, 0.25) is 11.8 Å². The van der Waals surface area contributed by atoms with E-state index in [1.807, 2.05) is 30.3 Å². The highest BCUT2D eigenvalue weighted by atomic mass is 19.4. The van der Waals surface area contributed by atoms with Crippen LogP contribution in [0.2, 0.25) is 0 Å². The number of carbonyl (C=O) groups is 3. The summed E-state index contributed by atoms with van der Waals surface area (Å²) in [7, 11) is 4.13. The van der Waals surface area contributed by atoms with Gasteiger partial charge in [0, 0.05) is 23.5 Å². The Bertz CT molecular complexity index is 1780. The molecule has 6 rings (SSSR count). The Balaban J connectivity index is 0.000000493. The highest BCUT2D eigenvalue weighted by Crippen LogP contribution is 2.66. The van der Waals surface area contributed by atoms with Gasteiger partial charge in [0.15, 0.2) is 0 Å². The number of carbonyl (C=O) groups excluding carboxylic acids is 2. The molecule has 228 valence electrons. The van der Waals surface area contributed by atoms with E-state index in [0.717, 1.165) is 45.5 Å². The van der Waals surface area contributed by atoms with Gasteiger partial charge in [0.1, 0.15) is 6.54 Å². The molecule has 0 bridgehead atoms. The number of carboxylic acids is 1. The second-order valence-corrected chi connectivity index (χ2v) is 11.1. The predicted octanol–water partition coefficient (Wildman–Crippen LogP) is 4.69. The molecule has 1 spiro atoms. The molecule has 1 aliphatic carbocycles. The summed E-state index contributed by atoms with van der Waals surface area (Å²) in [6.45, 7) is 0.795. The number of nitrogens with zero attached hydrogens (tertiary/aromatic N) is 3. The maximum atomic E-state index is 13.5. The van der Waals surface area contributed by atoms with E-state index in [9.17, 15) is 22.8 Å². The van der Waals surface area contributed by atoms with Gasteiger partial charge in [-0.05, 0) is 61.0 Å². The zero-order chi connectivity index (χ0) is 31.8.